The van der Waals surface area contributed by atoms with Gasteiger partial charge in [-0.2, -0.15) is 0 Å². The zero-order valence-electron chi connectivity index (χ0n) is 16.8. The predicted molar refractivity (Wildman–Crippen MR) is 111 cm³/mol. The van der Waals surface area contributed by atoms with Gasteiger partial charge in [-0.25, -0.2) is 4.79 Å². The van der Waals surface area contributed by atoms with Crippen molar-refractivity contribution in [2.24, 2.45) is 0 Å². The van der Waals surface area contributed by atoms with Crippen molar-refractivity contribution in [3.8, 4) is 0 Å². The topological polar surface area (TPSA) is 97.0 Å². The highest BCUT2D eigenvalue weighted by atomic mass is 16.5. The molecule has 0 spiro atoms. The van der Waals surface area contributed by atoms with E-state index in [0.717, 1.165) is 38.4 Å². The minimum absolute atomic E-state index is 0.255. The first-order chi connectivity index (χ1) is 14.5. The Balaban J connectivity index is 1.47. The lowest BCUT2D eigenvalue weighted by molar-refractivity contribution is -0.119. The Morgan fingerprint density at radius 2 is 1.77 bits per heavy atom. The molecular weight excluding hydrogens is 386 g/mol. The molecule has 0 saturated carbocycles. The molecule has 0 bridgehead atoms. The number of carbonyl (C=O) groups excluding carboxylic acids is 3. The van der Waals surface area contributed by atoms with Gasteiger partial charge in [0.2, 0.25) is 0 Å². The van der Waals surface area contributed by atoms with Crippen LogP contribution >= 0.6 is 0 Å². The number of hydrogen-bond donors (Lipinski definition) is 2. The quantitative estimate of drug-likeness (QED) is 0.673. The zero-order chi connectivity index (χ0) is 21.3. The van der Waals surface area contributed by atoms with Crippen LogP contribution in [0, 0.1) is 0 Å². The predicted octanol–water partition coefficient (Wildman–Crippen LogP) is 1.67. The van der Waals surface area contributed by atoms with E-state index in [-0.39, 0.29) is 5.91 Å². The Labute approximate surface area is 175 Å². The molecule has 1 heterocycles. The maximum absolute atomic E-state index is 12.2. The van der Waals surface area contributed by atoms with Gasteiger partial charge in [-0.1, -0.05) is 18.2 Å². The van der Waals surface area contributed by atoms with Gasteiger partial charge in [0.05, 0.1) is 18.8 Å². The van der Waals surface area contributed by atoms with Crippen LogP contribution in [0.5, 0.6) is 0 Å². The number of carbonyl (C=O) groups is 3. The van der Waals surface area contributed by atoms with Gasteiger partial charge >= 0.3 is 5.97 Å². The zero-order valence-corrected chi connectivity index (χ0v) is 16.8. The molecule has 1 fully saturated rings. The average Bonchev–Trinajstić information content (AvgIpc) is 2.78. The number of anilines is 1. The molecule has 1 saturated heterocycles. The molecule has 0 atom stereocenters. The molecule has 2 N–H and O–H groups in total. The molecule has 0 aromatic heterocycles. The van der Waals surface area contributed by atoms with Crippen LogP contribution in [0.2, 0.25) is 0 Å². The summed E-state index contributed by atoms with van der Waals surface area (Å²) >= 11 is 0. The molecule has 2 aromatic rings. The highest BCUT2D eigenvalue weighted by Crippen LogP contribution is 2.12. The first kappa shape index (κ1) is 21.5. The number of esters is 1. The van der Waals surface area contributed by atoms with Gasteiger partial charge in [-0.3, -0.25) is 14.5 Å². The Kier molecular flexibility index (Phi) is 7.53. The summed E-state index contributed by atoms with van der Waals surface area (Å²) in [5, 5.41) is 5.13. The second-order valence-electron chi connectivity index (χ2n) is 6.87. The summed E-state index contributed by atoms with van der Waals surface area (Å²) < 4.78 is 10.4. The van der Waals surface area contributed by atoms with E-state index in [1.807, 2.05) is 12.1 Å². The first-order valence-electron chi connectivity index (χ1n) is 9.73. The number of ether oxygens (including phenoxy) is 2. The van der Waals surface area contributed by atoms with Crippen molar-refractivity contribution in [1.29, 1.82) is 0 Å². The summed E-state index contributed by atoms with van der Waals surface area (Å²) in [6.07, 6.45) is 0. The molecule has 2 amide bonds. The standard InChI is InChI=1S/C22H25N3O5/c1-23-21(27)18-3-2-4-19(13-18)24-20(26)15-30-22(28)17-7-5-16(6-8-17)14-25-9-11-29-12-10-25/h2-8,13H,9-12,14-15H2,1H3,(H,23,27)(H,24,26). The monoisotopic (exact) mass is 411 g/mol. The van der Waals surface area contributed by atoms with Crippen molar-refractivity contribution in [1.82, 2.24) is 10.2 Å². The normalized spacial score (nSPS) is 14.0. The fourth-order valence-corrected chi connectivity index (χ4v) is 3.06. The average molecular weight is 411 g/mol. The van der Waals surface area contributed by atoms with E-state index in [9.17, 15) is 14.4 Å². The van der Waals surface area contributed by atoms with E-state index >= 15 is 0 Å². The van der Waals surface area contributed by atoms with Crippen molar-refractivity contribution in [2.45, 2.75) is 6.54 Å². The number of amides is 2. The van der Waals surface area contributed by atoms with Gasteiger partial charge in [0, 0.05) is 37.9 Å². The van der Waals surface area contributed by atoms with E-state index in [1.54, 1.807) is 36.4 Å². The van der Waals surface area contributed by atoms with Crippen molar-refractivity contribution in [3.63, 3.8) is 0 Å². The minimum atomic E-state index is -0.567. The van der Waals surface area contributed by atoms with Gasteiger partial charge < -0.3 is 20.1 Å². The number of nitrogens with zero attached hydrogens (tertiary/aromatic N) is 1. The Bertz CT molecular complexity index is 892. The third kappa shape index (κ3) is 6.13. The van der Waals surface area contributed by atoms with Crippen LogP contribution < -0.4 is 10.6 Å². The molecule has 1 aliphatic heterocycles. The summed E-state index contributed by atoms with van der Waals surface area (Å²) in [4.78, 5) is 38.2. The van der Waals surface area contributed by atoms with Gasteiger partial charge in [0.15, 0.2) is 6.61 Å². The smallest absolute Gasteiger partial charge is 0.338 e. The number of hydrogen-bond acceptors (Lipinski definition) is 6. The molecular formula is C22H25N3O5. The molecule has 0 radical (unpaired) electrons. The Morgan fingerprint density at radius 3 is 2.47 bits per heavy atom. The van der Waals surface area contributed by atoms with Crippen LogP contribution in [0.4, 0.5) is 5.69 Å². The Hall–Kier alpha value is -3.23. The van der Waals surface area contributed by atoms with E-state index in [1.165, 1.54) is 7.05 Å². The molecule has 158 valence electrons. The molecule has 8 heteroatoms. The third-order valence-electron chi connectivity index (χ3n) is 4.67. The number of benzene rings is 2. The van der Waals surface area contributed by atoms with Crippen LogP contribution in [0.1, 0.15) is 26.3 Å². The van der Waals surface area contributed by atoms with Crippen LogP contribution in [0.15, 0.2) is 48.5 Å². The van der Waals surface area contributed by atoms with Gasteiger partial charge in [-0.05, 0) is 35.9 Å². The highest BCUT2D eigenvalue weighted by Gasteiger charge is 2.13. The lowest BCUT2D eigenvalue weighted by Gasteiger charge is -2.26. The van der Waals surface area contributed by atoms with E-state index in [2.05, 4.69) is 15.5 Å². The summed E-state index contributed by atoms with van der Waals surface area (Å²) in [5.74, 6) is -1.31. The second kappa shape index (κ2) is 10.5. The third-order valence-corrected chi connectivity index (χ3v) is 4.67. The molecule has 0 unspecified atom stereocenters. The summed E-state index contributed by atoms with van der Waals surface area (Å²) in [7, 11) is 1.53. The van der Waals surface area contributed by atoms with Crippen LogP contribution in [-0.2, 0) is 20.8 Å². The summed E-state index contributed by atoms with van der Waals surface area (Å²) in [6.45, 7) is 3.65. The largest absolute Gasteiger partial charge is 0.452 e. The van der Waals surface area contributed by atoms with Crippen LogP contribution in [0.25, 0.3) is 0 Å². The second-order valence-corrected chi connectivity index (χ2v) is 6.87. The van der Waals surface area contributed by atoms with Crippen molar-refractivity contribution in [3.05, 3.63) is 65.2 Å². The molecule has 1 aliphatic rings. The van der Waals surface area contributed by atoms with Crippen molar-refractivity contribution in [2.75, 3.05) is 45.3 Å². The lowest BCUT2D eigenvalue weighted by Crippen LogP contribution is -2.35. The molecule has 2 aromatic carbocycles. The van der Waals surface area contributed by atoms with Crippen molar-refractivity contribution < 1.29 is 23.9 Å². The maximum atomic E-state index is 12.2. The van der Waals surface area contributed by atoms with Crippen LogP contribution in [-0.4, -0.2) is 62.6 Å². The number of nitrogens with one attached hydrogen (secondary N) is 2. The Morgan fingerprint density at radius 1 is 1.03 bits per heavy atom. The van der Waals surface area contributed by atoms with Gasteiger partial charge in [-0.15, -0.1) is 0 Å². The van der Waals surface area contributed by atoms with Gasteiger partial charge in [0.1, 0.15) is 0 Å². The first-order valence-corrected chi connectivity index (χ1v) is 9.73. The minimum Gasteiger partial charge on any atom is -0.452 e. The van der Waals surface area contributed by atoms with E-state index in [0.29, 0.717) is 16.8 Å². The fourth-order valence-electron chi connectivity index (χ4n) is 3.06. The van der Waals surface area contributed by atoms with Crippen molar-refractivity contribution >= 4 is 23.5 Å². The fraction of sp³-hybridized carbons (Fsp3) is 0.318. The van der Waals surface area contributed by atoms with E-state index in [4.69, 9.17) is 9.47 Å². The van der Waals surface area contributed by atoms with Crippen LogP contribution in [0.3, 0.4) is 0 Å². The lowest BCUT2D eigenvalue weighted by atomic mass is 10.1. The molecule has 30 heavy (non-hydrogen) atoms. The summed E-state index contributed by atoms with van der Waals surface area (Å²) in [5.41, 5.74) is 2.35. The summed E-state index contributed by atoms with van der Waals surface area (Å²) in [6, 6.07) is 13.7. The number of morpholine rings is 1. The SMILES string of the molecule is CNC(=O)c1cccc(NC(=O)COC(=O)c2ccc(CN3CCOCC3)cc2)c1. The van der Waals surface area contributed by atoms with Gasteiger partial charge in [0.25, 0.3) is 11.8 Å². The maximum Gasteiger partial charge on any atom is 0.338 e. The molecule has 8 nitrogen and oxygen atoms in total. The van der Waals surface area contributed by atoms with E-state index < -0.39 is 18.5 Å². The number of rotatable bonds is 7. The molecule has 0 aliphatic carbocycles. The highest BCUT2D eigenvalue weighted by molar-refractivity contribution is 5.98. The molecule has 3 rings (SSSR count).